The first kappa shape index (κ1) is 22.3. The zero-order valence-electron chi connectivity index (χ0n) is 18.5. The number of amides is 4. The summed E-state index contributed by atoms with van der Waals surface area (Å²) >= 11 is 0. The Bertz CT molecular complexity index is 1110. The molecule has 1 atom stereocenters. The van der Waals surface area contributed by atoms with E-state index in [1.54, 1.807) is 43.3 Å². The van der Waals surface area contributed by atoms with Gasteiger partial charge in [0, 0.05) is 24.1 Å². The van der Waals surface area contributed by atoms with Crippen molar-refractivity contribution < 1.29 is 28.7 Å². The number of rotatable bonds is 8. The van der Waals surface area contributed by atoms with Crippen LogP contribution in [-0.4, -0.2) is 47.4 Å². The number of fused-ring (bicyclic) bond motifs is 1. The van der Waals surface area contributed by atoms with Gasteiger partial charge in [0.15, 0.2) is 17.3 Å². The van der Waals surface area contributed by atoms with E-state index in [-0.39, 0.29) is 31.4 Å². The third-order valence-corrected chi connectivity index (χ3v) is 5.61. The first-order chi connectivity index (χ1) is 15.8. The summed E-state index contributed by atoms with van der Waals surface area (Å²) in [5.41, 5.74) is 0.535. The van der Waals surface area contributed by atoms with E-state index < -0.39 is 17.5 Å². The molecule has 2 heterocycles. The van der Waals surface area contributed by atoms with Gasteiger partial charge in [-0.2, -0.15) is 0 Å². The number of carbonyl (C=O) groups is 4. The molecular formula is C24H25N3O6. The smallest absolute Gasteiger partial charge is 0.325 e. The molecule has 2 aliphatic rings. The fourth-order valence-corrected chi connectivity index (χ4v) is 3.89. The van der Waals surface area contributed by atoms with Gasteiger partial charge in [0.05, 0.1) is 6.54 Å². The second-order valence-corrected chi connectivity index (χ2v) is 8.32. The molecule has 4 rings (SSSR count). The number of nitrogens with zero attached hydrogens (tertiary/aromatic N) is 1. The number of nitrogens with one attached hydrogen (secondary N) is 2. The summed E-state index contributed by atoms with van der Waals surface area (Å²) in [7, 11) is 0. The van der Waals surface area contributed by atoms with Gasteiger partial charge < -0.3 is 20.1 Å². The zero-order valence-corrected chi connectivity index (χ0v) is 18.5. The molecule has 2 N–H and O–H groups in total. The number of urea groups is 1. The van der Waals surface area contributed by atoms with E-state index in [2.05, 4.69) is 10.6 Å². The quantitative estimate of drug-likeness (QED) is 0.471. The van der Waals surface area contributed by atoms with Crippen molar-refractivity contribution in [2.75, 3.05) is 18.7 Å². The second kappa shape index (κ2) is 8.93. The molecule has 2 aromatic carbocycles. The molecule has 2 aromatic rings. The van der Waals surface area contributed by atoms with Crippen molar-refractivity contribution in [3.05, 3.63) is 53.6 Å². The lowest BCUT2D eigenvalue weighted by molar-refractivity contribution is -0.130. The lowest BCUT2D eigenvalue weighted by atomic mass is 9.92. The number of ketones is 1. The molecule has 2 aliphatic heterocycles. The van der Waals surface area contributed by atoms with Crippen LogP contribution in [0.3, 0.4) is 0 Å². The minimum Gasteiger partial charge on any atom is -0.454 e. The standard InChI is InChI=1S/C24H25N3O6/c1-3-4-21(29)25-17-8-6-16(7-9-17)18(28)13-27-22(30)24(2,26-23(27)31)12-15-5-10-19-20(11-15)33-14-32-19/h5-11H,3-4,12-14H2,1-2H3,(H,25,29)(H,26,31). The van der Waals surface area contributed by atoms with Crippen LogP contribution in [0.2, 0.25) is 0 Å². The van der Waals surface area contributed by atoms with Crippen molar-refractivity contribution in [1.29, 1.82) is 0 Å². The van der Waals surface area contributed by atoms with E-state index in [0.29, 0.717) is 29.2 Å². The Morgan fingerprint density at radius 3 is 2.55 bits per heavy atom. The summed E-state index contributed by atoms with van der Waals surface area (Å²) in [5, 5.41) is 5.46. The van der Waals surface area contributed by atoms with E-state index in [4.69, 9.17) is 9.47 Å². The van der Waals surface area contributed by atoms with Gasteiger partial charge in [-0.15, -0.1) is 0 Å². The summed E-state index contributed by atoms with van der Waals surface area (Å²) in [6, 6.07) is 11.1. The topological polar surface area (TPSA) is 114 Å². The average Bonchev–Trinajstić information content (AvgIpc) is 3.32. The van der Waals surface area contributed by atoms with Crippen LogP contribution in [0.15, 0.2) is 42.5 Å². The highest BCUT2D eigenvalue weighted by atomic mass is 16.7. The second-order valence-electron chi connectivity index (χ2n) is 8.32. The number of benzene rings is 2. The van der Waals surface area contributed by atoms with Gasteiger partial charge in [-0.25, -0.2) is 4.79 Å². The number of anilines is 1. The van der Waals surface area contributed by atoms with E-state index >= 15 is 0 Å². The predicted octanol–water partition coefficient (Wildman–Crippen LogP) is 2.89. The summed E-state index contributed by atoms with van der Waals surface area (Å²) < 4.78 is 10.7. The minimum absolute atomic E-state index is 0.0994. The van der Waals surface area contributed by atoms with Gasteiger partial charge in [0.2, 0.25) is 12.7 Å². The summed E-state index contributed by atoms with van der Waals surface area (Å²) in [4.78, 5) is 51.0. The Hall–Kier alpha value is -3.88. The SMILES string of the molecule is CCCC(=O)Nc1ccc(C(=O)CN2C(=O)NC(C)(Cc3ccc4c(c3)OCO4)C2=O)cc1. The van der Waals surface area contributed by atoms with Crippen molar-refractivity contribution >= 4 is 29.3 Å². The number of ether oxygens (including phenoxy) is 2. The fraction of sp³-hybridized carbons (Fsp3) is 0.333. The number of carbonyl (C=O) groups excluding carboxylic acids is 4. The van der Waals surface area contributed by atoms with Gasteiger partial charge in [-0.3, -0.25) is 19.3 Å². The van der Waals surface area contributed by atoms with Crippen molar-refractivity contribution in [3.63, 3.8) is 0 Å². The highest BCUT2D eigenvalue weighted by molar-refractivity contribution is 6.11. The van der Waals surface area contributed by atoms with Crippen LogP contribution in [-0.2, 0) is 16.0 Å². The highest BCUT2D eigenvalue weighted by Gasteiger charge is 2.48. The largest absolute Gasteiger partial charge is 0.454 e. The van der Waals surface area contributed by atoms with Gasteiger partial charge in [0.1, 0.15) is 5.54 Å². The molecule has 0 saturated carbocycles. The summed E-state index contributed by atoms with van der Waals surface area (Å²) in [5.74, 6) is 0.278. The van der Waals surface area contributed by atoms with E-state index in [1.807, 2.05) is 13.0 Å². The van der Waals surface area contributed by atoms with Crippen LogP contribution in [0.4, 0.5) is 10.5 Å². The van der Waals surface area contributed by atoms with Crippen LogP contribution >= 0.6 is 0 Å². The Kier molecular flexibility index (Phi) is 6.04. The summed E-state index contributed by atoms with van der Waals surface area (Å²) in [6.07, 6.45) is 1.39. The van der Waals surface area contributed by atoms with Crippen LogP contribution in [0.5, 0.6) is 11.5 Å². The Balaban J connectivity index is 1.41. The first-order valence-electron chi connectivity index (χ1n) is 10.7. The molecule has 9 heteroatoms. The average molecular weight is 451 g/mol. The first-order valence-corrected chi connectivity index (χ1v) is 10.7. The molecule has 1 saturated heterocycles. The molecule has 0 aromatic heterocycles. The highest BCUT2D eigenvalue weighted by Crippen LogP contribution is 2.34. The third-order valence-electron chi connectivity index (χ3n) is 5.61. The van der Waals surface area contributed by atoms with E-state index in [1.165, 1.54) is 0 Å². The molecule has 9 nitrogen and oxygen atoms in total. The van der Waals surface area contributed by atoms with Crippen LogP contribution in [0.1, 0.15) is 42.6 Å². The normalized spacial score (nSPS) is 18.9. The number of imide groups is 1. The molecule has 0 radical (unpaired) electrons. The van der Waals surface area contributed by atoms with Gasteiger partial charge in [0.25, 0.3) is 5.91 Å². The van der Waals surface area contributed by atoms with Gasteiger partial charge in [-0.05, 0) is 55.3 Å². The van der Waals surface area contributed by atoms with Crippen LogP contribution < -0.4 is 20.1 Å². The Labute approximate surface area is 191 Å². The maximum Gasteiger partial charge on any atom is 0.325 e. The van der Waals surface area contributed by atoms with Gasteiger partial charge >= 0.3 is 6.03 Å². The molecule has 1 fully saturated rings. The Morgan fingerprint density at radius 2 is 1.82 bits per heavy atom. The van der Waals surface area contributed by atoms with Crippen molar-refractivity contribution in [2.24, 2.45) is 0 Å². The van der Waals surface area contributed by atoms with E-state index in [0.717, 1.165) is 16.9 Å². The fourth-order valence-electron chi connectivity index (χ4n) is 3.89. The van der Waals surface area contributed by atoms with Crippen molar-refractivity contribution in [1.82, 2.24) is 10.2 Å². The van der Waals surface area contributed by atoms with Crippen LogP contribution in [0.25, 0.3) is 0 Å². The molecule has 172 valence electrons. The predicted molar refractivity (Wildman–Crippen MR) is 119 cm³/mol. The van der Waals surface area contributed by atoms with Gasteiger partial charge in [-0.1, -0.05) is 13.0 Å². The molecule has 0 aliphatic carbocycles. The molecular weight excluding hydrogens is 426 g/mol. The van der Waals surface area contributed by atoms with Crippen LogP contribution in [0, 0.1) is 0 Å². The maximum atomic E-state index is 13.1. The molecule has 0 spiro atoms. The zero-order chi connectivity index (χ0) is 23.6. The lowest BCUT2D eigenvalue weighted by Gasteiger charge is -2.21. The summed E-state index contributed by atoms with van der Waals surface area (Å²) in [6.45, 7) is 3.32. The molecule has 33 heavy (non-hydrogen) atoms. The Morgan fingerprint density at radius 1 is 1.09 bits per heavy atom. The van der Waals surface area contributed by atoms with Crippen molar-refractivity contribution in [2.45, 2.75) is 38.6 Å². The third kappa shape index (κ3) is 4.67. The number of Topliss-reactive ketones (excluding diaryl/α,β-unsaturated/α-hetero) is 1. The van der Waals surface area contributed by atoms with Crippen molar-refractivity contribution in [3.8, 4) is 11.5 Å². The van der Waals surface area contributed by atoms with E-state index in [9.17, 15) is 19.2 Å². The molecule has 1 unspecified atom stereocenters. The number of hydrogen-bond acceptors (Lipinski definition) is 6. The monoisotopic (exact) mass is 451 g/mol. The lowest BCUT2D eigenvalue weighted by Crippen LogP contribution is -2.46. The molecule has 4 amide bonds. The maximum absolute atomic E-state index is 13.1. The number of hydrogen-bond donors (Lipinski definition) is 2. The molecule has 0 bridgehead atoms. The minimum atomic E-state index is -1.18.